The summed E-state index contributed by atoms with van der Waals surface area (Å²) in [7, 11) is 2.00. The van der Waals surface area contributed by atoms with Crippen molar-refractivity contribution in [2.24, 2.45) is 0 Å². The van der Waals surface area contributed by atoms with Gasteiger partial charge in [-0.2, -0.15) is 0 Å². The number of anilines is 2. The van der Waals surface area contributed by atoms with Crippen molar-refractivity contribution in [3.8, 4) is 0 Å². The summed E-state index contributed by atoms with van der Waals surface area (Å²) in [5.74, 6) is -0.312. The van der Waals surface area contributed by atoms with E-state index in [1.165, 1.54) is 0 Å². The molecule has 2 aromatic rings. The molecule has 0 saturated heterocycles. The van der Waals surface area contributed by atoms with E-state index in [0.717, 1.165) is 28.0 Å². The number of hydrogen-bond acceptors (Lipinski definition) is 3. The molecule has 0 unspecified atom stereocenters. The monoisotopic (exact) mass is 417 g/mol. The molecular formula is C20H24BrN3O2. The highest BCUT2D eigenvalue weighted by Crippen LogP contribution is 2.20. The van der Waals surface area contributed by atoms with Crippen LogP contribution in [-0.2, 0) is 4.79 Å². The number of nitrogens with one attached hydrogen (secondary N) is 2. The molecule has 0 heterocycles. The number of aryl methyl sites for hydroxylation is 1. The van der Waals surface area contributed by atoms with Gasteiger partial charge in [-0.15, -0.1) is 0 Å². The molecule has 138 valence electrons. The van der Waals surface area contributed by atoms with Gasteiger partial charge < -0.3 is 15.5 Å². The molecule has 6 heteroatoms. The van der Waals surface area contributed by atoms with E-state index in [0.29, 0.717) is 5.56 Å². The van der Waals surface area contributed by atoms with Gasteiger partial charge in [0.15, 0.2) is 0 Å². The number of carbonyl (C=O) groups is 2. The highest BCUT2D eigenvalue weighted by Gasteiger charge is 2.09. The first-order valence-corrected chi connectivity index (χ1v) is 9.35. The van der Waals surface area contributed by atoms with Crippen LogP contribution in [0.1, 0.15) is 29.3 Å². The molecule has 0 aliphatic carbocycles. The average Bonchev–Trinajstić information content (AvgIpc) is 2.64. The van der Waals surface area contributed by atoms with Crippen molar-refractivity contribution in [3.63, 3.8) is 0 Å². The van der Waals surface area contributed by atoms with E-state index in [1.807, 2.05) is 44.3 Å². The summed E-state index contributed by atoms with van der Waals surface area (Å²) < 4.78 is 0.906. The largest absolute Gasteiger partial charge is 0.375 e. The van der Waals surface area contributed by atoms with Gasteiger partial charge in [-0.05, 0) is 55.8 Å². The molecule has 2 amide bonds. The van der Waals surface area contributed by atoms with Crippen molar-refractivity contribution >= 4 is 39.1 Å². The number of amides is 2. The van der Waals surface area contributed by atoms with Crippen LogP contribution < -0.4 is 15.5 Å². The van der Waals surface area contributed by atoms with Crippen molar-refractivity contribution < 1.29 is 9.59 Å². The van der Waals surface area contributed by atoms with E-state index in [-0.39, 0.29) is 24.8 Å². The van der Waals surface area contributed by atoms with Crippen molar-refractivity contribution in [1.29, 1.82) is 0 Å². The predicted molar refractivity (Wildman–Crippen MR) is 110 cm³/mol. The molecule has 0 aliphatic heterocycles. The van der Waals surface area contributed by atoms with Crippen LogP contribution >= 0.6 is 15.9 Å². The van der Waals surface area contributed by atoms with E-state index in [9.17, 15) is 9.59 Å². The number of rotatable bonds is 7. The van der Waals surface area contributed by atoms with E-state index in [1.54, 1.807) is 12.1 Å². The van der Waals surface area contributed by atoms with Gasteiger partial charge in [-0.25, -0.2) is 0 Å². The number of benzene rings is 2. The Kier molecular flexibility index (Phi) is 7.21. The lowest BCUT2D eigenvalue weighted by molar-refractivity contribution is -0.116. The third-order valence-corrected chi connectivity index (χ3v) is 4.65. The topological polar surface area (TPSA) is 61.4 Å². The van der Waals surface area contributed by atoms with Gasteiger partial charge in [0.05, 0.1) is 0 Å². The van der Waals surface area contributed by atoms with E-state index >= 15 is 0 Å². The highest BCUT2D eigenvalue weighted by atomic mass is 79.9. The summed E-state index contributed by atoms with van der Waals surface area (Å²) in [5, 5.41) is 5.65. The van der Waals surface area contributed by atoms with Crippen LogP contribution in [0.15, 0.2) is 46.9 Å². The Bertz CT molecular complexity index is 775. The highest BCUT2D eigenvalue weighted by molar-refractivity contribution is 9.10. The summed E-state index contributed by atoms with van der Waals surface area (Å²) in [4.78, 5) is 26.3. The zero-order valence-electron chi connectivity index (χ0n) is 15.3. The second kappa shape index (κ2) is 9.38. The lowest BCUT2D eigenvalue weighted by Crippen LogP contribution is -2.27. The van der Waals surface area contributed by atoms with Crippen molar-refractivity contribution in [2.45, 2.75) is 20.3 Å². The van der Waals surface area contributed by atoms with Crippen LogP contribution in [-0.4, -0.2) is 32.0 Å². The minimum absolute atomic E-state index is 0.133. The van der Waals surface area contributed by atoms with Crippen molar-refractivity contribution in [1.82, 2.24) is 5.32 Å². The number of carbonyl (C=O) groups excluding carboxylic acids is 2. The third kappa shape index (κ3) is 5.59. The summed E-state index contributed by atoms with van der Waals surface area (Å²) in [6.45, 7) is 5.19. The smallest absolute Gasteiger partial charge is 0.251 e. The van der Waals surface area contributed by atoms with Gasteiger partial charge in [-0.3, -0.25) is 9.59 Å². The normalized spacial score (nSPS) is 10.3. The van der Waals surface area contributed by atoms with Crippen molar-refractivity contribution in [3.05, 3.63) is 58.1 Å². The van der Waals surface area contributed by atoms with E-state index in [4.69, 9.17) is 0 Å². The van der Waals surface area contributed by atoms with Gasteiger partial charge in [0.1, 0.15) is 0 Å². The van der Waals surface area contributed by atoms with Gasteiger partial charge in [0, 0.05) is 48.0 Å². The van der Waals surface area contributed by atoms with E-state index in [2.05, 4.69) is 38.4 Å². The Morgan fingerprint density at radius 3 is 2.46 bits per heavy atom. The summed E-state index contributed by atoms with van der Waals surface area (Å²) in [6, 6.07) is 13.1. The van der Waals surface area contributed by atoms with Crippen LogP contribution in [0.25, 0.3) is 0 Å². The Morgan fingerprint density at radius 2 is 1.81 bits per heavy atom. The quantitative estimate of drug-likeness (QED) is 0.716. The molecule has 0 saturated carbocycles. The maximum absolute atomic E-state index is 12.2. The van der Waals surface area contributed by atoms with Crippen LogP contribution in [0.3, 0.4) is 0 Å². The molecule has 2 N–H and O–H groups in total. The van der Waals surface area contributed by atoms with Crippen LogP contribution in [0, 0.1) is 6.92 Å². The standard InChI is InChI=1S/C20H24BrN3O2/c1-4-24(3)17-9-6-15(7-10-17)20(26)22-12-11-19(25)23-18-13-16(21)8-5-14(18)2/h5-10,13H,4,11-12H2,1-3H3,(H,22,26)(H,23,25). The average molecular weight is 418 g/mol. The SMILES string of the molecule is CCN(C)c1ccc(C(=O)NCCC(=O)Nc2cc(Br)ccc2C)cc1. The van der Waals surface area contributed by atoms with Crippen LogP contribution in [0.5, 0.6) is 0 Å². The first-order chi connectivity index (χ1) is 12.4. The molecule has 0 aromatic heterocycles. The second-order valence-electron chi connectivity index (χ2n) is 6.07. The molecule has 26 heavy (non-hydrogen) atoms. The van der Waals surface area contributed by atoms with Gasteiger partial charge in [0.2, 0.25) is 5.91 Å². The molecule has 0 atom stereocenters. The Labute approximate surface area is 162 Å². The Morgan fingerprint density at radius 1 is 1.12 bits per heavy atom. The zero-order valence-corrected chi connectivity index (χ0v) is 16.9. The lowest BCUT2D eigenvalue weighted by Gasteiger charge is -2.16. The number of nitrogens with zero attached hydrogens (tertiary/aromatic N) is 1. The maximum Gasteiger partial charge on any atom is 0.251 e. The molecule has 5 nitrogen and oxygen atoms in total. The van der Waals surface area contributed by atoms with E-state index < -0.39 is 0 Å². The Balaban J connectivity index is 1.82. The third-order valence-electron chi connectivity index (χ3n) is 4.16. The molecule has 0 fully saturated rings. The summed E-state index contributed by atoms with van der Waals surface area (Å²) in [6.07, 6.45) is 0.217. The molecule has 0 radical (unpaired) electrons. The molecular weight excluding hydrogens is 394 g/mol. The first kappa shape index (κ1) is 20.0. The fourth-order valence-corrected chi connectivity index (χ4v) is 2.74. The molecule has 2 rings (SSSR count). The second-order valence-corrected chi connectivity index (χ2v) is 6.99. The lowest BCUT2D eigenvalue weighted by atomic mass is 10.2. The maximum atomic E-state index is 12.2. The number of hydrogen-bond donors (Lipinski definition) is 2. The van der Waals surface area contributed by atoms with Gasteiger partial charge in [-0.1, -0.05) is 22.0 Å². The first-order valence-electron chi connectivity index (χ1n) is 8.56. The Hall–Kier alpha value is -2.34. The van der Waals surface area contributed by atoms with Gasteiger partial charge in [0.25, 0.3) is 5.91 Å². The fraction of sp³-hybridized carbons (Fsp3) is 0.300. The molecule has 0 spiro atoms. The fourth-order valence-electron chi connectivity index (χ4n) is 2.38. The zero-order chi connectivity index (χ0) is 19.1. The predicted octanol–water partition coefficient (Wildman–Crippen LogP) is 3.97. The summed E-state index contributed by atoms with van der Waals surface area (Å²) in [5.41, 5.74) is 3.41. The molecule has 0 bridgehead atoms. The minimum Gasteiger partial charge on any atom is -0.375 e. The summed E-state index contributed by atoms with van der Waals surface area (Å²) >= 11 is 3.39. The van der Waals surface area contributed by atoms with Crippen LogP contribution in [0.4, 0.5) is 11.4 Å². The number of halogens is 1. The van der Waals surface area contributed by atoms with Gasteiger partial charge >= 0.3 is 0 Å². The minimum atomic E-state index is -0.179. The molecule has 0 aliphatic rings. The molecule has 2 aromatic carbocycles. The van der Waals surface area contributed by atoms with Crippen molar-refractivity contribution in [2.75, 3.05) is 30.4 Å². The van der Waals surface area contributed by atoms with Crippen LogP contribution in [0.2, 0.25) is 0 Å².